The first-order valence-corrected chi connectivity index (χ1v) is 11.9. The second-order valence-electron chi connectivity index (χ2n) is 9.34. The van der Waals surface area contributed by atoms with Crippen LogP contribution >= 0.6 is 0 Å². The second kappa shape index (κ2) is 10.1. The Morgan fingerprint density at radius 3 is 2.32 bits per heavy atom. The second-order valence-corrected chi connectivity index (χ2v) is 9.34. The standard InChI is InChI=1S/C30H33F/c1-3-4-23-9-11-25(12-10-23)15-17-27-18-19-28-21-26(16-20-29(28)30(27)31)14-13-24-7-5-22(2)6-8-24/h9-12,16,18-22,24H,3-8,13-14H2,1-2H3. The SMILES string of the molecule is CCCc1ccc(C#Cc2ccc3cc(CCC4CCC(C)CC4)ccc3c2F)cc1. The summed E-state index contributed by atoms with van der Waals surface area (Å²) in [5, 5.41) is 1.64. The van der Waals surface area contributed by atoms with E-state index in [2.05, 4.69) is 50.0 Å². The van der Waals surface area contributed by atoms with Crippen LogP contribution in [0, 0.1) is 29.5 Å². The molecule has 3 aromatic carbocycles. The highest BCUT2D eigenvalue weighted by Crippen LogP contribution is 2.31. The molecule has 1 heteroatoms. The number of hydrogen-bond acceptors (Lipinski definition) is 0. The predicted molar refractivity (Wildman–Crippen MR) is 130 cm³/mol. The molecule has 1 aliphatic rings. The van der Waals surface area contributed by atoms with E-state index in [4.69, 9.17) is 0 Å². The Bertz CT molecular complexity index is 1070. The minimum absolute atomic E-state index is 0.208. The van der Waals surface area contributed by atoms with Crippen molar-refractivity contribution >= 4 is 10.8 Å². The van der Waals surface area contributed by atoms with Gasteiger partial charge in [0.05, 0.1) is 5.56 Å². The molecule has 31 heavy (non-hydrogen) atoms. The predicted octanol–water partition coefficient (Wildman–Crippen LogP) is 8.09. The van der Waals surface area contributed by atoms with Gasteiger partial charge in [-0.15, -0.1) is 0 Å². The van der Waals surface area contributed by atoms with E-state index >= 15 is 4.39 Å². The molecule has 160 valence electrons. The number of aryl methyl sites for hydroxylation is 2. The van der Waals surface area contributed by atoms with Crippen molar-refractivity contribution in [2.75, 3.05) is 0 Å². The topological polar surface area (TPSA) is 0 Å². The maximum absolute atomic E-state index is 15.1. The van der Waals surface area contributed by atoms with Gasteiger partial charge in [0, 0.05) is 10.9 Å². The van der Waals surface area contributed by atoms with Crippen LogP contribution in [0.1, 0.15) is 74.6 Å². The first kappa shape index (κ1) is 21.6. The Morgan fingerprint density at radius 2 is 1.58 bits per heavy atom. The van der Waals surface area contributed by atoms with Crippen molar-refractivity contribution in [3.8, 4) is 11.8 Å². The van der Waals surface area contributed by atoms with Gasteiger partial charge in [-0.2, -0.15) is 0 Å². The number of benzene rings is 3. The summed E-state index contributed by atoms with van der Waals surface area (Å²) in [6.45, 7) is 4.55. The molecule has 0 spiro atoms. The lowest BCUT2D eigenvalue weighted by Crippen LogP contribution is -2.12. The lowest BCUT2D eigenvalue weighted by Gasteiger charge is -2.26. The molecule has 0 saturated heterocycles. The van der Waals surface area contributed by atoms with Crippen molar-refractivity contribution in [1.29, 1.82) is 0 Å². The van der Waals surface area contributed by atoms with Crippen LogP contribution in [-0.4, -0.2) is 0 Å². The summed E-state index contributed by atoms with van der Waals surface area (Å²) in [4.78, 5) is 0. The van der Waals surface area contributed by atoms with Gasteiger partial charge in [-0.3, -0.25) is 0 Å². The molecule has 0 unspecified atom stereocenters. The van der Waals surface area contributed by atoms with Gasteiger partial charge < -0.3 is 0 Å². The van der Waals surface area contributed by atoms with E-state index in [9.17, 15) is 0 Å². The summed E-state index contributed by atoms with van der Waals surface area (Å²) in [5.41, 5.74) is 4.02. The van der Waals surface area contributed by atoms with Gasteiger partial charge in [0.2, 0.25) is 0 Å². The lowest BCUT2D eigenvalue weighted by atomic mass is 9.80. The van der Waals surface area contributed by atoms with Crippen LogP contribution in [0.4, 0.5) is 4.39 Å². The highest BCUT2D eigenvalue weighted by molar-refractivity contribution is 5.85. The fourth-order valence-corrected chi connectivity index (χ4v) is 4.76. The zero-order valence-corrected chi connectivity index (χ0v) is 18.9. The van der Waals surface area contributed by atoms with Crippen molar-refractivity contribution in [3.05, 3.63) is 82.7 Å². The van der Waals surface area contributed by atoms with Gasteiger partial charge in [0.25, 0.3) is 0 Å². The van der Waals surface area contributed by atoms with E-state index in [1.165, 1.54) is 43.2 Å². The molecule has 1 saturated carbocycles. The number of hydrogen-bond donors (Lipinski definition) is 0. The fourth-order valence-electron chi connectivity index (χ4n) is 4.76. The van der Waals surface area contributed by atoms with Crippen molar-refractivity contribution in [1.82, 2.24) is 0 Å². The first-order valence-electron chi connectivity index (χ1n) is 11.9. The molecule has 0 radical (unpaired) electrons. The van der Waals surface area contributed by atoms with E-state index in [1.807, 2.05) is 30.3 Å². The van der Waals surface area contributed by atoms with E-state index in [0.717, 1.165) is 42.0 Å². The van der Waals surface area contributed by atoms with Gasteiger partial charge in [-0.05, 0) is 65.8 Å². The Balaban J connectivity index is 1.46. The van der Waals surface area contributed by atoms with E-state index in [-0.39, 0.29) is 5.82 Å². The Kier molecular flexibility index (Phi) is 7.08. The van der Waals surface area contributed by atoms with Crippen LogP contribution in [0.3, 0.4) is 0 Å². The summed E-state index contributed by atoms with van der Waals surface area (Å²) >= 11 is 0. The van der Waals surface area contributed by atoms with Crippen LogP contribution in [0.15, 0.2) is 54.6 Å². The normalized spacial score (nSPS) is 18.5. The summed E-state index contributed by atoms with van der Waals surface area (Å²) in [5.74, 6) is 7.70. The minimum Gasteiger partial charge on any atom is -0.205 e. The molecule has 0 N–H and O–H groups in total. The average Bonchev–Trinajstić information content (AvgIpc) is 2.79. The maximum Gasteiger partial charge on any atom is 0.146 e. The highest BCUT2D eigenvalue weighted by Gasteiger charge is 2.18. The van der Waals surface area contributed by atoms with Crippen molar-refractivity contribution in [3.63, 3.8) is 0 Å². The average molecular weight is 413 g/mol. The Morgan fingerprint density at radius 1 is 0.839 bits per heavy atom. The molecule has 0 heterocycles. The molecule has 3 aromatic rings. The van der Waals surface area contributed by atoms with Crippen LogP contribution < -0.4 is 0 Å². The van der Waals surface area contributed by atoms with Gasteiger partial charge in [-0.1, -0.05) is 94.2 Å². The maximum atomic E-state index is 15.1. The first-order chi connectivity index (χ1) is 15.1. The molecular weight excluding hydrogens is 379 g/mol. The van der Waals surface area contributed by atoms with Gasteiger partial charge in [-0.25, -0.2) is 4.39 Å². The molecule has 0 amide bonds. The number of rotatable bonds is 5. The van der Waals surface area contributed by atoms with Crippen LogP contribution in [-0.2, 0) is 12.8 Å². The quantitative estimate of drug-likeness (QED) is 0.371. The molecular formula is C30H33F. The van der Waals surface area contributed by atoms with E-state index in [0.29, 0.717) is 10.9 Å². The van der Waals surface area contributed by atoms with Gasteiger partial charge >= 0.3 is 0 Å². The monoisotopic (exact) mass is 412 g/mol. The van der Waals surface area contributed by atoms with E-state index < -0.39 is 0 Å². The van der Waals surface area contributed by atoms with Crippen molar-refractivity contribution in [2.45, 2.75) is 65.2 Å². The van der Waals surface area contributed by atoms with Gasteiger partial charge in [0.15, 0.2) is 0 Å². The van der Waals surface area contributed by atoms with E-state index in [1.54, 1.807) is 0 Å². The molecule has 0 aromatic heterocycles. The third-order valence-corrected chi connectivity index (χ3v) is 6.83. The third-order valence-electron chi connectivity index (χ3n) is 6.83. The van der Waals surface area contributed by atoms with Crippen LogP contribution in [0.2, 0.25) is 0 Å². The minimum atomic E-state index is -0.208. The van der Waals surface area contributed by atoms with Crippen molar-refractivity contribution < 1.29 is 4.39 Å². The third kappa shape index (κ3) is 5.56. The molecule has 1 aliphatic carbocycles. The van der Waals surface area contributed by atoms with Gasteiger partial charge in [0.1, 0.15) is 5.82 Å². The molecule has 1 fully saturated rings. The summed E-state index contributed by atoms with van der Waals surface area (Å²) < 4.78 is 15.1. The molecule has 0 bridgehead atoms. The number of halogens is 1. The molecule has 0 nitrogen and oxygen atoms in total. The smallest absolute Gasteiger partial charge is 0.146 e. The lowest BCUT2D eigenvalue weighted by molar-refractivity contribution is 0.278. The molecule has 4 rings (SSSR count). The zero-order valence-electron chi connectivity index (χ0n) is 18.9. The molecule has 0 atom stereocenters. The highest BCUT2D eigenvalue weighted by atomic mass is 19.1. The van der Waals surface area contributed by atoms with Crippen molar-refractivity contribution in [2.24, 2.45) is 11.8 Å². The zero-order chi connectivity index (χ0) is 21.6. The summed E-state index contributed by atoms with van der Waals surface area (Å²) in [7, 11) is 0. The Labute approximate surface area is 186 Å². The summed E-state index contributed by atoms with van der Waals surface area (Å²) in [6.07, 6.45) is 10.0. The van der Waals surface area contributed by atoms with Crippen LogP contribution in [0.5, 0.6) is 0 Å². The largest absolute Gasteiger partial charge is 0.205 e. The fraction of sp³-hybridized carbons (Fsp3) is 0.400. The van der Waals surface area contributed by atoms with Crippen LogP contribution in [0.25, 0.3) is 10.8 Å². The molecule has 0 aliphatic heterocycles. The number of fused-ring (bicyclic) bond motifs is 1. The summed E-state index contributed by atoms with van der Waals surface area (Å²) in [6, 6.07) is 18.3. The Hall–Kier alpha value is -2.59.